The minimum absolute atomic E-state index is 0.226. The maximum atomic E-state index is 11.2. The summed E-state index contributed by atoms with van der Waals surface area (Å²) in [4.78, 5) is 22.1. The zero-order chi connectivity index (χ0) is 9.59. The van der Waals surface area contributed by atoms with Crippen LogP contribution in [0.1, 0.15) is 19.3 Å². The molecular formula is C9H12O3S. The van der Waals surface area contributed by atoms with Gasteiger partial charge in [-0.2, -0.15) is 0 Å². The van der Waals surface area contributed by atoms with E-state index in [-0.39, 0.29) is 22.9 Å². The van der Waals surface area contributed by atoms with Crippen LogP contribution in [0.25, 0.3) is 0 Å². The van der Waals surface area contributed by atoms with Crippen molar-refractivity contribution in [1.29, 1.82) is 0 Å². The number of thiol groups is 1. The van der Waals surface area contributed by atoms with Gasteiger partial charge in [-0.05, 0) is 31.1 Å². The van der Waals surface area contributed by atoms with Gasteiger partial charge in [0.1, 0.15) is 0 Å². The van der Waals surface area contributed by atoms with Gasteiger partial charge in [-0.3, -0.25) is 9.59 Å². The van der Waals surface area contributed by atoms with E-state index in [9.17, 15) is 9.59 Å². The maximum Gasteiger partial charge on any atom is 0.307 e. The molecule has 0 heterocycles. The predicted octanol–water partition coefficient (Wildman–Crippen LogP) is 1.19. The number of rotatable bonds is 2. The van der Waals surface area contributed by atoms with Gasteiger partial charge in [-0.15, -0.1) is 12.6 Å². The molecule has 72 valence electrons. The number of hydrogen-bond acceptors (Lipinski definition) is 2. The van der Waals surface area contributed by atoms with Crippen LogP contribution in [-0.4, -0.2) is 16.2 Å². The molecule has 4 atom stereocenters. The Morgan fingerprint density at radius 3 is 2.08 bits per heavy atom. The fourth-order valence-corrected chi connectivity index (χ4v) is 3.37. The Kier molecular flexibility index (Phi) is 2.10. The zero-order valence-electron chi connectivity index (χ0n) is 7.14. The summed E-state index contributed by atoms with van der Waals surface area (Å²) >= 11 is 3.78. The summed E-state index contributed by atoms with van der Waals surface area (Å²) in [5.41, 5.74) is 0. The quantitative estimate of drug-likeness (QED) is 0.658. The third kappa shape index (κ3) is 1.27. The first-order chi connectivity index (χ1) is 6.11. The highest BCUT2D eigenvalue weighted by Crippen LogP contribution is 2.52. The summed E-state index contributed by atoms with van der Waals surface area (Å²) in [7, 11) is 0. The Hall–Kier alpha value is -0.510. The number of aliphatic carboxylic acids is 1. The Bertz CT molecular complexity index is 238. The van der Waals surface area contributed by atoms with Gasteiger partial charge in [0, 0.05) is 5.92 Å². The zero-order valence-corrected chi connectivity index (χ0v) is 8.04. The third-order valence-electron chi connectivity index (χ3n) is 3.49. The second-order valence-electron chi connectivity index (χ2n) is 4.06. The van der Waals surface area contributed by atoms with Crippen molar-refractivity contribution in [3.05, 3.63) is 0 Å². The number of carboxylic acids is 1. The van der Waals surface area contributed by atoms with Crippen LogP contribution in [0.3, 0.4) is 0 Å². The van der Waals surface area contributed by atoms with Gasteiger partial charge in [0.25, 0.3) is 0 Å². The normalized spacial score (nSPS) is 42.2. The predicted molar refractivity (Wildman–Crippen MR) is 49.4 cm³/mol. The first-order valence-corrected chi connectivity index (χ1v) is 5.01. The van der Waals surface area contributed by atoms with E-state index >= 15 is 0 Å². The lowest BCUT2D eigenvalue weighted by atomic mass is 9.80. The van der Waals surface area contributed by atoms with E-state index in [1.54, 1.807) is 0 Å². The lowest BCUT2D eigenvalue weighted by Crippen LogP contribution is -2.32. The van der Waals surface area contributed by atoms with Gasteiger partial charge in [0.05, 0.1) is 5.92 Å². The molecule has 0 unspecified atom stereocenters. The van der Waals surface area contributed by atoms with Gasteiger partial charge >= 0.3 is 5.97 Å². The molecular weight excluding hydrogens is 188 g/mol. The molecule has 0 amide bonds. The Morgan fingerprint density at radius 1 is 1.15 bits per heavy atom. The van der Waals surface area contributed by atoms with Crippen molar-refractivity contribution in [2.24, 2.45) is 23.7 Å². The van der Waals surface area contributed by atoms with Crippen LogP contribution in [0.2, 0.25) is 0 Å². The van der Waals surface area contributed by atoms with Crippen LogP contribution >= 0.6 is 12.6 Å². The van der Waals surface area contributed by atoms with Crippen LogP contribution in [0, 0.1) is 23.7 Å². The van der Waals surface area contributed by atoms with Crippen LogP contribution in [-0.2, 0) is 9.59 Å². The van der Waals surface area contributed by atoms with Gasteiger partial charge in [-0.1, -0.05) is 0 Å². The van der Waals surface area contributed by atoms with E-state index < -0.39 is 11.9 Å². The minimum atomic E-state index is -0.820. The molecule has 13 heavy (non-hydrogen) atoms. The highest BCUT2D eigenvalue weighted by Gasteiger charge is 2.53. The SMILES string of the molecule is O=C(S)[C@@H]1[C@H]2CC[C@@H](C2)[C@@H]1C(=O)O. The van der Waals surface area contributed by atoms with Crippen molar-refractivity contribution in [2.75, 3.05) is 0 Å². The van der Waals surface area contributed by atoms with Crippen LogP contribution < -0.4 is 0 Å². The highest BCUT2D eigenvalue weighted by atomic mass is 32.1. The van der Waals surface area contributed by atoms with E-state index in [0.29, 0.717) is 0 Å². The molecule has 3 nitrogen and oxygen atoms in total. The van der Waals surface area contributed by atoms with E-state index in [2.05, 4.69) is 12.6 Å². The monoisotopic (exact) mass is 200 g/mol. The Morgan fingerprint density at radius 2 is 1.69 bits per heavy atom. The molecule has 2 rings (SSSR count). The fourth-order valence-electron chi connectivity index (χ4n) is 3.00. The molecule has 2 aliphatic rings. The smallest absolute Gasteiger partial charge is 0.307 e. The molecule has 0 saturated heterocycles. The number of fused-ring (bicyclic) bond motifs is 2. The number of carbonyl (C=O) groups is 2. The van der Waals surface area contributed by atoms with Crippen molar-refractivity contribution in [1.82, 2.24) is 0 Å². The average molecular weight is 200 g/mol. The van der Waals surface area contributed by atoms with Gasteiger partial charge in [0.2, 0.25) is 0 Å². The maximum absolute atomic E-state index is 11.2. The van der Waals surface area contributed by atoms with Gasteiger partial charge in [0.15, 0.2) is 5.12 Å². The molecule has 0 aliphatic heterocycles. The van der Waals surface area contributed by atoms with Gasteiger partial charge in [-0.25, -0.2) is 0 Å². The van der Waals surface area contributed by atoms with E-state index in [0.717, 1.165) is 19.3 Å². The lowest BCUT2D eigenvalue weighted by Gasteiger charge is -2.24. The average Bonchev–Trinajstić information content (AvgIpc) is 2.60. The first kappa shape index (κ1) is 9.06. The molecule has 2 aliphatic carbocycles. The van der Waals surface area contributed by atoms with Crippen LogP contribution in [0.15, 0.2) is 0 Å². The van der Waals surface area contributed by atoms with E-state index in [1.165, 1.54) is 0 Å². The van der Waals surface area contributed by atoms with Crippen molar-refractivity contribution in [3.8, 4) is 0 Å². The van der Waals surface area contributed by atoms with Crippen molar-refractivity contribution >= 4 is 23.7 Å². The molecule has 0 radical (unpaired) electrons. The van der Waals surface area contributed by atoms with Gasteiger partial charge < -0.3 is 5.11 Å². The summed E-state index contributed by atoms with van der Waals surface area (Å²) in [5, 5.41) is 8.73. The minimum Gasteiger partial charge on any atom is -0.481 e. The summed E-state index contributed by atoms with van der Waals surface area (Å²) < 4.78 is 0. The summed E-state index contributed by atoms with van der Waals surface area (Å²) in [5.74, 6) is -1.08. The molecule has 2 fully saturated rings. The molecule has 0 spiro atoms. The standard InChI is InChI=1S/C9H12O3S/c10-8(11)6-4-1-2-5(3-4)7(6)9(12)13/h4-7H,1-3H2,(H,10,11)(H,12,13)/t4-,5-,6-,7+/m0/s1. The Labute approximate surface area is 81.9 Å². The topological polar surface area (TPSA) is 54.4 Å². The van der Waals surface area contributed by atoms with E-state index in [1.807, 2.05) is 0 Å². The van der Waals surface area contributed by atoms with Crippen LogP contribution in [0.4, 0.5) is 0 Å². The summed E-state index contributed by atoms with van der Waals surface area (Å²) in [6.45, 7) is 0. The summed E-state index contributed by atoms with van der Waals surface area (Å²) in [6.07, 6.45) is 2.89. The van der Waals surface area contributed by atoms with Crippen molar-refractivity contribution < 1.29 is 14.7 Å². The summed E-state index contributed by atoms with van der Waals surface area (Å²) in [6, 6.07) is 0. The third-order valence-corrected chi connectivity index (χ3v) is 3.78. The number of carbonyl (C=O) groups excluding carboxylic acids is 1. The Balaban J connectivity index is 2.24. The van der Waals surface area contributed by atoms with Crippen LogP contribution in [0.5, 0.6) is 0 Å². The number of carboxylic acid groups (broad SMARTS) is 1. The van der Waals surface area contributed by atoms with E-state index in [4.69, 9.17) is 5.11 Å². The second kappa shape index (κ2) is 3.01. The lowest BCUT2D eigenvalue weighted by molar-refractivity contribution is -0.147. The van der Waals surface area contributed by atoms with Crippen molar-refractivity contribution in [3.63, 3.8) is 0 Å². The molecule has 4 heteroatoms. The highest BCUT2D eigenvalue weighted by molar-refractivity contribution is 7.96. The molecule has 2 saturated carbocycles. The largest absolute Gasteiger partial charge is 0.481 e. The molecule has 0 aromatic rings. The molecule has 0 aromatic carbocycles. The second-order valence-corrected chi connectivity index (χ2v) is 4.50. The fraction of sp³-hybridized carbons (Fsp3) is 0.778. The number of hydrogen-bond donors (Lipinski definition) is 2. The molecule has 0 aromatic heterocycles. The first-order valence-electron chi connectivity index (χ1n) is 4.57. The molecule has 1 N–H and O–H groups in total. The van der Waals surface area contributed by atoms with Crippen molar-refractivity contribution in [2.45, 2.75) is 19.3 Å². The molecule has 2 bridgehead atoms.